The van der Waals surface area contributed by atoms with Gasteiger partial charge in [0.15, 0.2) is 0 Å². The second-order valence-corrected chi connectivity index (χ2v) is 8.27. The Morgan fingerprint density at radius 3 is 2.62 bits per heavy atom. The summed E-state index contributed by atoms with van der Waals surface area (Å²) in [6.45, 7) is -1.30. The van der Waals surface area contributed by atoms with Gasteiger partial charge < -0.3 is 11.1 Å². The molecule has 0 saturated carbocycles. The first kappa shape index (κ1) is 23.4. The van der Waals surface area contributed by atoms with Crippen LogP contribution in [0.15, 0.2) is 69.1 Å². The van der Waals surface area contributed by atoms with Crippen LogP contribution in [0, 0.1) is 0 Å². The number of fused-ring (bicyclic) bond motifs is 1. The number of nitrogens with zero attached hydrogens (tertiary/aromatic N) is 4. The van der Waals surface area contributed by atoms with E-state index in [4.69, 9.17) is 5.73 Å². The molecule has 0 aliphatic heterocycles. The molecule has 0 fully saturated rings. The maximum atomic E-state index is 13.7. The summed E-state index contributed by atoms with van der Waals surface area (Å²) < 4.78 is 40.2. The van der Waals surface area contributed by atoms with Crippen LogP contribution in [-0.4, -0.2) is 40.5 Å². The van der Waals surface area contributed by atoms with Gasteiger partial charge >= 0.3 is 6.18 Å². The summed E-state index contributed by atoms with van der Waals surface area (Å²) in [5.41, 5.74) is 8.29. The van der Waals surface area contributed by atoms with Crippen LogP contribution < -0.4 is 16.6 Å². The van der Waals surface area contributed by atoms with Gasteiger partial charge in [0, 0.05) is 52.5 Å². The molecule has 34 heavy (non-hydrogen) atoms. The molecule has 7 nitrogen and oxygen atoms in total. The average Bonchev–Trinajstić information content (AvgIpc) is 2.79. The van der Waals surface area contributed by atoms with Crippen molar-refractivity contribution in [3.05, 3.63) is 75.2 Å². The minimum absolute atomic E-state index is 0.227. The molecule has 0 aliphatic carbocycles. The Balaban J connectivity index is 1.96. The van der Waals surface area contributed by atoms with Crippen molar-refractivity contribution in [3.8, 4) is 16.8 Å². The molecule has 4 rings (SSSR count). The van der Waals surface area contributed by atoms with Crippen molar-refractivity contribution in [2.24, 2.45) is 4.99 Å². The van der Waals surface area contributed by atoms with E-state index >= 15 is 0 Å². The zero-order valence-corrected chi connectivity index (χ0v) is 19.4. The topological polar surface area (TPSA) is 98.2 Å². The van der Waals surface area contributed by atoms with E-state index in [1.165, 1.54) is 10.8 Å². The van der Waals surface area contributed by atoms with Crippen LogP contribution in [0.1, 0.15) is 5.56 Å². The summed E-state index contributed by atoms with van der Waals surface area (Å²) in [5, 5.41) is 2.64. The number of benzene rings is 2. The number of nitrogens with one attached hydrogen (secondary N) is 1. The molecular formula is C23H18BrF3N6O. The summed E-state index contributed by atoms with van der Waals surface area (Å²) in [7, 11) is 1.61. The lowest BCUT2D eigenvalue weighted by Gasteiger charge is -2.14. The van der Waals surface area contributed by atoms with Crippen molar-refractivity contribution < 1.29 is 13.2 Å². The molecule has 2 heterocycles. The third kappa shape index (κ3) is 4.93. The van der Waals surface area contributed by atoms with E-state index in [0.717, 1.165) is 4.47 Å². The van der Waals surface area contributed by atoms with E-state index in [-0.39, 0.29) is 17.0 Å². The molecule has 2 aromatic heterocycles. The monoisotopic (exact) mass is 530 g/mol. The van der Waals surface area contributed by atoms with Crippen molar-refractivity contribution >= 4 is 44.7 Å². The number of aliphatic imine (C=N–C) groups is 1. The maximum absolute atomic E-state index is 13.7. The molecule has 0 radical (unpaired) electrons. The van der Waals surface area contributed by atoms with Crippen molar-refractivity contribution in [1.29, 1.82) is 0 Å². The second-order valence-electron chi connectivity index (χ2n) is 7.35. The van der Waals surface area contributed by atoms with Gasteiger partial charge in [-0.05, 0) is 35.9 Å². The maximum Gasteiger partial charge on any atom is 0.405 e. The third-order valence-corrected chi connectivity index (χ3v) is 5.48. The van der Waals surface area contributed by atoms with Crippen LogP contribution in [0.25, 0.3) is 27.7 Å². The normalized spacial score (nSPS) is 11.9. The molecule has 0 unspecified atom stereocenters. The third-order valence-electron chi connectivity index (χ3n) is 4.95. The molecule has 0 aliphatic rings. The fraction of sp³-hybridized carbons (Fsp3) is 0.130. The fourth-order valence-corrected chi connectivity index (χ4v) is 3.67. The van der Waals surface area contributed by atoms with Crippen LogP contribution in [0.2, 0.25) is 0 Å². The Kier molecular flexibility index (Phi) is 6.38. The lowest BCUT2D eigenvalue weighted by molar-refractivity contribution is -0.115. The highest BCUT2D eigenvalue weighted by atomic mass is 79.9. The molecule has 0 amide bonds. The summed E-state index contributed by atoms with van der Waals surface area (Å²) >= 11 is 3.37. The molecule has 0 saturated heterocycles. The number of alkyl halides is 3. The Morgan fingerprint density at radius 1 is 1.21 bits per heavy atom. The highest BCUT2D eigenvalue weighted by molar-refractivity contribution is 9.10. The van der Waals surface area contributed by atoms with E-state index in [0.29, 0.717) is 27.9 Å². The average molecular weight is 531 g/mol. The number of hydrogen-bond acceptors (Lipinski definition) is 6. The summed E-state index contributed by atoms with van der Waals surface area (Å²) in [6, 6.07) is 12.1. The predicted octanol–water partition coefficient (Wildman–Crippen LogP) is 4.82. The molecule has 3 N–H and O–H groups in total. The van der Waals surface area contributed by atoms with Crippen molar-refractivity contribution in [2.45, 2.75) is 6.18 Å². The highest BCUT2D eigenvalue weighted by Crippen LogP contribution is 2.27. The summed E-state index contributed by atoms with van der Waals surface area (Å²) in [4.78, 5) is 25.9. The van der Waals surface area contributed by atoms with E-state index in [2.05, 4.69) is 36.2 Å². The van der Waals surface area contributed by atoms with Crippen LogP contribution in [0.3, 0.4) is 0 Å². The predicted molar refractivity (Wildman–Crippen MR) is 131 cm³/mol. The number of hydrogen-bond donors (Lipinski definition) is 2. The molecule has 174 valence electrons. The first-order chi connectivity index (χ1) is 16.2. The lowest BCUT2D eigenvalue weighted by Crippen LogP contribution is -2.23. The van der Waals surface area contributed by atoms with Gasteiger partial charge in [0.05, 0.1) is 11.1 Å². The van der Waals surface area contributed by atoms with E-state index in [9.17, 15) is 18.0 Å². The van der Waals surface area contributed by atoms with Gasteiger partial charge in [-0.3, -0.25) is 14.4 Å². The molecule has 4 aromatic rings. The molecule has 11 heteroatoms. The van der Waals surface area contributed by atoms with Gasteiger partial charge in [0.25, 0.3) is 5.56 Å². The zero-order valence-electron chi connectivity index (χ0n) is 17.8. The Morgan fingerprint density at radius 2 is 1.94 bits per heavy atom. The fourth-order valence-electron chi connectivity index (χ4n) is 3.40. The Labute approximate surface area is 200 Å². The first-order valence-electron chi connectivity index (χ1n) is 9.97. The Hall–Kier alpha value is -3.73. The number of aromatic nitrogens is 3. The number of rotatable bonds is 5. The van der Waals surface area contributed by atoms with Gasteiger partial charge in [0.1, 0.15) is 6.54 Å². The van der Waals surface area contributed by atoms with E-state index < -0.39 is 18.3 Å². The molecular weight excluding hydrogens is 513 g/mol. The van der Waals surface area contributed by atoms with Gasteiger partial charge in [-0.2, -0.15) is 13.2 Å². The molecule has 0 spiro atoms. The number of halogens is 4. The van der Waals surface area contributed by atoms with Crippen molar-refractivity contribution in [3.63, 3.8) is 0 Å². The number of anilines is 2. The molecule has 0 bridgehead atoms. The smallest absolute Gasteiger partial charge is 0.398 e. The largest absolute Gasteiger partial charge is 0.405 e. The van der Waals surface area contributed by atoms with Crippen molar-refractivity contribution in [2.75, 3.05) is 24.6 Å². The Bertz CT molecular complexity index is 1450. The van der Waals surface area contributed by atoms with Crippen LogP contribution in [-0.2, 0) is 0 Å². The van der Waals surface area contributed by atoms with E-state index in [1.807, 2.05) is 0 Å². The van der Waals surface area contributed by atoms with Gasteiger partial charge in [-0.15, -0.1) is 0 Å². The molecule has 0 atom stereocenters. The van der Waals surface area contributed by atoms with Gasteiger partial charge in [0.2, 0.25) is 5.95 Å². The summed E-state index contributed by atoms with van der Waals surface area (Å²) in [6.07, 6.45) is 0.0736. The van der Waals surface area contributed by atoms with Crippen LogP contribution in [0.5, 0.6) is 0 Å². The highest BCUT2D eigenvalue weighted by Gasteiger charge is 2.27. The SMILES string of the molecule is CN=Cc1cc(-n2cc3cnc(NCC(F)(F)F)nc3c(-c3ccc(Br)cc3)c2=O)ccc1N. The van der Waals surface area contributed by atoms with Gasteiger partial charge in [-0.1, -0.05) is 28.1 Å². The second kappa shape index (κ2) is 9.26. The van der Waals surface area contributed by atoms with Crippen LogP contribution in [0.4, 0.5) is 24.8 Å². The quantitative estimate of drug-likeness (QED) is 0.285. The number of pyridine rings is 1. The molecule has 2 aromatic carbocycles. The lowest BCUT2D eigenvalue weighted by atomic mass is 10.0. The summed E-state index contributed by atoms with van der Waals surface area (Å²) in [5.74, 6) is -0.228. The standard InChI is InChI=1S/C23H18BrF3N6O/c1-29-9-14-8-17(6-7-18(14)28)33-11-15-10-30-22(31-12-23(25,26)27)32-20(15)19(21(33)34)13-2-4-16(24)5-3-13/h2-11H,12,28H2,1H3,(H,31,32). The van der Waals surface area contributed by atoms with Crippen molar-refractivity contribution in [1.82, 2.24) is 14.5 Å². The number of nitrogen functional groups attached to an aromatic ring is 1. The first-order valence-corrected chi connectivity index (χ1v) is 10.8. The van der Waals surface area contributed by atoms with Gasteiger partial charge in [-0.25, -0.2) is 9.97 Å². The van der Waals surface area contributed by atoms with Crippen LogP contribution >= 0.6 is 15.9 Å². The number of nitrogens with two attached hydrogens (primary N) is 1. The minimum Gasteiger partial charge on any atom is -0.398 e. The zero-order chi connectivity index (χ0) is 24.5. The van der Waals surface area contributed by atoms with E-state index in [1.54, 1.807) is 61.9 Å². The minimum atomic E-state index is -4.44.